The second kappa shape index (κ2) is 7.21. The third-order valence-electron chi connectivity index (χ3n) is 2.55. The fourth-order valence-electron chi connectivity index (χ4n) is 1.73. The molecule has 1 rings (SSSR count). The first-order valence-electron chi connectivity index (χ1n) is 6.61. The van der Waals surface area contributed by atoms with Crippen LogP contribution >= 0.6 is 0 Å². The van der Waals surface area contributed by atoms with Crippen LogP contribution in [0.4, 0.5) is 5.69 Å². The van der Waals surface area contributed by atoms with E-state index in [-0.39, 0.29) is 0 Å². The summed E-state index contributed by atoms with van der Waals surface area (Å²) in [5, 5.41) is 3.49. The number of anilines is 1. The van der Waals surface area contributed by atoms with Crippen molar-refractivity contribution in [2.45, 2.75) is 46.6 Å². The average molecular weight is 235 g/mol. The van der Waals surface area contributed by atoms with Gasteiger partial charge in [-0.3, -0.25) is 0 Å². The summed E-state index contributed by atoms with van der Waals surface area (Å²) in [4.78, 5) is 0. The molecule has 0 aliphatic heterocycles. The van der Waals surface area contributed by atoms with Crippen molar-refractivity contribution in [3.8, 4) is 5.75 Å². The quantitative estimate of drug-likeness (QED) is 0.760. The summed E-state index contributed by atoms with van der Waals surface area (Å²) in [5.41, 5.74) is 1.15. The lowest BCUT2D eigenvalue weighted by molar-refractivity contribution is 0.271. The number of nitrogens with one attached hydrogen (secondary N) is 1. The van der Waals surface area contributed by atoms with Gasteiger partial charge in [-0.15, -0.1) is 0 Å². The molecule has 0 spiro atoms. The molecule has 0 bridgehead atoms. The van der Waals surface area contributed by atoms with E-state index >= 15 is 0 Å². The molecule has 0 saturated heterocycles. The van der Waals surface area contributed by atoms with Gasteiger partial charge in [-0.05, 0) is 31.4 Å². The summed E-state index contributed by atoms with van der Waals surface area (Å²) < 4.78 is 5.71. The molecule has 1 unspecified atom stereocenters. The van der Waals surface area contributed by atoms with E-state index in [0.29, 0.717) is 12.0 Å². The third-order valence-corrected chi connectivity index (χ3v) is 2.55. The fourth-order valence-corrected chi connectivity index (χ4v) is 1.73. The molecule has 2 nitrogen and oxygen atoms in total. The molecule has 17 heavy (non-hydrogen) atoms. The summed E-state index contributed by atoms with van der Waals surface area (Å²) >= 11 is 0. The molecule has 0 aliphatic carbocycles. The lowest BCUT2D eigenvalue weighted by Crippen LogP contribution is -2.14. The Bertz CT molecular complexity index is 322. The van der Waals surface area contributed by atoms with Crippen LogP contribution in [0.25, 0.3) is 0 Å². The van der Waals surface area contributed by atoms with E-state index in [4.69, 9.17) is 4.74 Å². The van der Waals surface area contributed by atoms with Gasteiger partial charge >= 0.3 is 0 Å². The standard InChI is InChI=1S/C15H25NO/c1-5-7-13(4)16-14-8-6-9-15(10-14)17-11-12(2)3/h6,8-10,12-13,16H,5,7,11H2,1-4H3. The maximum atomic E-state index is 5.71. The smallest absolute Gasteiger partial charge is 0.121 e. The Labute approximate surface area is 105 Å². The van der Waals surface area contributed by atoms with Gasteiger partial charge in [-0.1, -0.05) is 33.3 Å². The largest absolute Gasteiger partial charge is 0.493 e. The molecule has 1 N–H and O–H groups in total. The van der Waals surface area contributed by atoms with Crippen LogP contribution in [0.15, 0.2) is 24.3 Å². The highest BCUT2D eigenvalue weighted by molar-refractivity contribution is 5.48. The lowest BCUT2D eigenvalue weighted by Gasteiger charge is -2.15. The van der Waals surface area contributed by atoms with Crippen LogP contribution in [-0.2, 0) is 0 Å². The van der Waals surface area contributed by atoms with Crippen molar-refractivity contribution in [2.75, 3.05) is 11.9 Å². The minimum Gasteiger partial charge on any atom is -0.493 e. The van der Waals surface area contributed by atoms with Crippen molar-refractivity contribution in [1.82, 2.24) is 0 Å². The minimum atomic E-state index is 0.514. The SMILES string of the molecule is CCCC(C)Nc1cccc(OCC(C)C)c1. The Hall–Kier alpha value is -1.18. The maximum Gasteiger partial charge on any atom is 0.121 e. The molecule has 0 saturated carbocycles. The Morgan fingerprint density at radius 3 is 2.65 bits per heavy atom. The first-order valence-corrected chi connectivity index (χ1v) is 6.61. The maximum absolute atomic E-state index is 5.71. The molecule has 96 valence electrons. The highest BCUT2D eigenvalue weighted by atomic mass is 16.5. The zero-order chi connectivity index (χ0) is 12.7. The number of ether oxygens (including phenoxy) is 1. The van der Waals surface area contributed by atoms with Crippen molar-refractivity contribution in [3.63, 3.8) is 0 Å². The Kier molecular flexibility index (Phi) is 5.88. The van der Waals surface area contributed by atoms with Crippen LogP contribution in [0.5, 0.6) is 5.75 Å². The van der Waals surface area contributed by atoms with Crippen molar-refractivity contribution in [2.24, 2.45) is 5.92 Å². The molecule has 0 amide bonds. The van der Waals surface area contributed by atoms with E-state index in [0.717, 1.165) is 18.0 Å². The summed E-state index contributed by atoms with van der Waals surface area (Å²) in [6.45, 7) is 9.51. The van der Waals surface area contributed by atoms with Crippen molar-refractivity contribution in [3.05, 3.63) is 24.3 Å². The molecule has 0 fully saturated rings. The third kappa shape index (κ3) is 5.62. The second-order valence-electron chi connectivity index (χ2n) is 5.07. The zero-order valence-electron chi connectivity index (χ0n) is 11.5. The molecule has 1 aromatic carbocycles. The molecular weight excluding hydrogens is 210 g/mol. The molecule has 0 aliphatic rings. The molecule has 0 heterocycles. The van der Waals surface area contributed by atoms with Gasteiger partial charge in [0.2, 0.25) is 0 Å². The van der Waals surface area contributed by atoms with Gasteiger partial charge in [-0.25, -0.2) is 0 Å². The average Bonchev–Trinajstić information content (AvgIpc) is 2.27. The minimum absolute atomic E-state index is 0.514. The van der Waals surface area contributed by atoms with Crippen LogP contribution in [0, 0.1) is 5.92 Å². The highest BCUT2D eigenvalue weighted by Gasteiger charge is 2.02. The Morgan fingerprint density at radius 2 is 2.00 bits per heavy atom. The molecule has 0 radical (unpaired) electrons. The van der Waals surface area contributed by atoms with Gasteiger partial charge in [0.05, 0.1) is 6.61 Å². The summed E-state index contributed by atoms with van der Waals surface area (Å²) in [6, 6.07) is 8.73. The molecule has 2 heteroatoms. The van der Waals surface area contributed by atoms with Crippen LogP contribution in [-0.4, -0.2) is 12.6 Å². The zero-order valence-corrected chi connectivity index (χ0v) is 11.5. The van der Waals surface area contributed by atoms with Crippen LogP contribution in [0.1, 0.15) is 40.5 Å². The number of hydrogen-bond donors (Lipinski definition) is 1. The van der Waals surface area contributed by atoms with Crippen molar-refractivity contribution < 1.29 is 4.74 Å². The summed E-state index contributed by atoms with van der Waals surface area (Å²) in [5.74, 6) is 1.51. The van der Waals surface area contributed by atoms with E-state index in [1.54, 1.807) is 0 Å². The van der Waals surface area contributed by atoms with E-state index in [2.05, 4.69) is 45.1 Å². The Balaban J connectivity index is 2.53. The van der Waals surface area contributed by atoms with Gasteiger partial charge in [0.25, 0.3) is 0 Å². The second-order valence-corrected chi connectivity index (χ2v) is 5.07. The Morgan fingerprint density at radius 1 is 1.24 bits per heavy atom. The molecule has 1 aromatic rings. The predicted molar refractivity (Wildman–Crippen MR) is 74.8 cm³/mol. The lowest BCUT2D eigenvalue weighted by atomic mass is 10.2. The van der Waals surface area contributed by atoms with Crippen molar-refractivity contribution in [1.29, 1.82) is 0 Å². The first-order chi connectivity index (χ1) is 8.11. The highest BCUT2D eigenvalue weighted by Crippen LogP contribution is 2.19. The van der Waals surface area contributed by atoms with E-state index < -0.39 is 0 Å². The molecule has 0 aromatic heterocycles. The van der Waals surface area contributed by atoms with Gasteiger partial charge in [0.1, 0.15) is 5.75 Å². The monoisotopic (exact) mass is 235 g/mol. The van der Waals surface area contributed by atoms with Gasteiger partial charge in [0.15, 0.2) is 0 Å². The topological polar surface area (TPSA) is 21.3 Å². The van der Waals surface area contributed by atoms with Crippen LogP contribution in [0.2, 0.25) is 0 Å². The number of benzene rings is 1. The van der Waals surface area contributed by atoms with E-state index in [1.165, 1.54) is 12.8 Å². The van der Waals surface area contributed by atoms with Gasteiger partial charge in [0, 0.05) is 17.8 Å². The van der Waals surface area contributed by atoms with Crippen LogP contribution < -0.4 is 10.1 Å². The molecule has 1 atom stereocenters. The fraction of sp³-hybridized carbons (Fsp3) is 0.600. The number of hydrogen-bond acceptors (Lipinski definition) is 2. The van der Waals surface area contributed by atoms with Crippen LogP contribution in [0.3, 0.4) is 0 Å². The van der Waals surface area contributed by atoms with Crippen molar-refractivity contribution >= 4 is 5.69 Å². The van der Waals surface area contributed by atoms with E-state index in [9.17, 15) is 0 Å². The summed E-state index contributed by atoms with van der Waals surface area (Å²) in [6.07, 6.45) is 2.40. The summed E-state index contributed by atoms with van der Waals surface area (Å²) in [7, 11) is 0. The van der Waals surface area contributed by atoms with Gasteiger partial charge in [-0.2, -0.15) is 0 Å². The van der Waals surface area contributed by atoms with E-state index in [1.807, 2.05) is 12.1 Å². The van der Waals surface area contributed by atoms with Gasteiger partial charge < -0.3 is 10.1 Å². The first kappa shape index (κ1) is 13.9. The number of rotatable bonds is 7. The molecular formula is C15H25NO. The normalized spacial score (nSPS) is 12.5. The predicted octanol–water partition coefficient (Wildman–Crippen LogP) is 4.32.